The lowest BCUT2D eigenvalue weighted by Crippen LogP contribution is -2.36. The van der Waals surface area contributed by atoms with Crippen molar-refractivity contribution in [3.05, 3.63) is 58.5 Å². The molecule has 22 heavy (non-hydrogen) atoms. The molecule has 116 valence electrons. The summed E-state index contributed by atoms with van der Waals surface area (Å²) in [6.45, 7) is 5.72. The summed E-state index contributed by atoms with van der Waals surface area (Å²) in [6.07, 6.45) is 1.71. The lowest BCUT2D eigenvalue weighted by molar-refractivity contribution is -0.120. The number of nitrogens with zero attached hydrogens (tertiary/aromatic N) is 1. The van der Waals surface area contributed by atoms with E-state index in [0.717, 1.165) is 5.56 Å². The lowest BCUT2D eigenvalue weighted by Gasteiger charge is -2.23. The third-order valence-corrected chi connectivity index (χ3v) is 3.44. The van der Waals surface area contributed by atoms with Gasteiger partial charge in [0.15, 0.2) is 0 Å². The molecule has 1 amide bonds. The predicted molar refractivity (Wildman–Crippen MR) is 88.8 cm³/mol. The molecule has 1 atom stereocenters. The van der Waals surface area contributed by atoms with Crippen LogP contribution in [0.25, 0.3) is 0 Å². The normalized spacial score (nSPS) is 12.2. The summed E-state index contributed by atoms with van der Waals surface area (Å²) in [5, 5.41) is 2.83. The van der Waals surface area contributed by atoms with Crippen molar-refractivity contribution in [3.8, 4) is 0 Å². The minimum absolute atomic E-state index is 0.0273. The predicted octanol–water partition coefficient (Wildman–Crippen LogP) is 2.57. The van der Waals surface area contributed by atoms with Gasteiger partial charge < -0.3 is 15.6 Å². The molecule has 0 aliphatic carbocycles. The molecule has 0 spiro atoms. The molecule has 1 aromatic heterocycles. The molecule has 0 aliphatic rings. The molecule has 1 unspecified atom stereocenters. The highest BCUT2D eigenvalue weighted by Crippen LogP contribution is 2.20. The van der Waals surface area contributed by atoms with Crippen LogP contribution in [0.5, 0.6) is 0 Å². The number of carbonyl (C=O) groups is 1. The maximum absolute atomic E-state index is 12.6. The molecule has 2 rings (SSSR count). The number of rotatable bonds is 4. The molecule has 2 aromatic rings. The Balaban J connectivity index is 2.34. The van der Waals surface area contributed by atoms with Crippen LogP contribution in [0.2, 0.25) is 0 Å². The third-order valence-electron chi connectivity index (χ3n) is 3.44. The van der Waals surface area contributed by atoms with Gasteiger partial charge in [-0.3, -0.25) is 9.59 Å². The van der Waals surface area contributed by atoms with Crippen LogP contribution < -0.4 is 16.6 Å². The molecular weight excluding hydrogens is 278 g/mol. The van der Waals surface area contributed by atoms with E-state index in [4.69, 9.17) is 5.73 Å². The van der Waals surface area contributed by atoms with Gasteiger partial charge in [0.25, 0.3) is 5.56 Å². The van der Waals surface area contributed by atoms with Crippen LogP contribution in [0.3, 0.4) is 0 Å². The average Bonchev–Trinajstić information content (AvgIpc) is 2.42. The Morgan fingerprint density at radius 1 is 1.23 bits per heavy atom. The fourth-order valence-electron chi connectivity index (χ4n) is 2.42. The van der Waals surface area contributed by atoms with Crippen LogP contribution in [0.4, 0.5) is 11.4 Å². The van der Waals surface area contributed by atoms with E-state index in [2.05, 4.69) is 5.32 Å². The summed E-state index contributed by atoms with van der Waals surface area (Å²) in [5.41, 5.74) is 7.66. The van der Waals surface area contributed by atoms with Crippen LogP contribution >= 0.6 is 0 Å². The van der Waals surface area contributed by atoms with Crippen LogP contribution in [-0.2, 0) is 4.79 Å². The Bertz CT molecular complexity index is 735. The molecule has 0 saturated carbocycles. The first-order chi connectivity index (χ1) is 10.4. The minimum Gasteiger partial charge on any atom is -0.399 e. The molecule has 5 nitrogen and oxygen atoms in total. The molecule has 1 aromatic carbocycles. The molecule has 0 radical (unpaired) electrons. The molecular formula is C17H21N3O2. The van der Waals surface area contributed by atoms with E-state index in [0.29, 0.717) is 11.4 Å². The number of aryl methyl sites for hydroxylation is 1. The molecule has 0 fully saturated rings. The van der Waals surface area contributed by atoms with Crippen molar-refractivity contribution in [3.63, 3.8) is 0 Å². The Morgan fingerprint density at radius 3 is 2.59 bits per heavy atom. The first-order valence-electron chi connectivity index (χ1n) is 7.23. The maximum Gasteiger partial charge on any atom is 0.251 e. The van der Waals surface area contributed by atoms with Gasteiger partial charge in [-0.1, -0.05) is 26.0 Å². The Hall–Kier alpha value is -2.56. The first kappa shape index (κ1) is 15.8. The van der Waals surface area contributed by atoms with E-state index < -0.39 is 6.04 Å². The lowest BCUT2D eigenvalue weighted by atomic mass is 10.0. The molecule has 1 heterocycles. The summed E-state index contributed by atoms with van der Waals surface area (Å²) in [6, 6.07) is 9.63. The van der Waals surface area contributed by atoms with Gasteiger partial charge in [0.1, 0.15) is 6.04 Å². The molecule has 0 bridgehead atoms. The molecule has 5 heteroatoms. The van der Waals surface area contributed by atoms with Crippen LogP contribution in [0.15, 0.2) is 47.4 Å². The van der Waals surface area contributed by atoms with Crippen LogP contribution in [0, 0.1) is 12.8 Å². The third kappa shape index (κ3) is 3.55. The van der Waals surface area contributed by atoms with Gasteiger partial charge in [-0.25, -0.2) is 0 Å². The van der Waals surface area contributed by atoms with Gasteiger partial charge in [0.2, 0.25) is 5.91 Å². The van der Waals surface area contributed by atoms with E-state index in [9.17, 15) is 9.59 Å². The number of amides is 1. The Kier molecular flexibility index (Phi) is 4.65. The zero-order valence-corrected chi connectivity index (χ0v) is 13.0. The van der Waals surface area contributed by atoms with E-state index in [-0.39, 0.29) is 17.4 Å². The number of pyridine rings is 1. The molecule has 0 saturated heterocycles. The van der Waals surface area contributed by atoms with Crippen LogP contribution in [-0.4, -0.2) is 10.5 Å². The van der Waals surface area contributed by atoms with Crippen molar-refractivity contribution < 1.29 is 4.79 Å². The van der Waals surface area contributed by atoms with Crippen molar-refractivity contribution in [2.45, 2.75) is 26.8 Å². The quantitative estimate of drug-likeness (QED) is 0.852. The van der Waals surface area contributed by atoms with Crippen molar-refractivity contribution in [2.24, 2.45) is 5.92 Å². The summed E-state index contributed by atoms with van der Waals surface area (Å²) in [5.74, 6) is -0.256. The number of nitrogens with one attached hydrogen (secondary N) is 1. The van der Waals surface area contributed by atoms with Gasteiger partial charge >= 0.3 is 0 Å². The van der Waals surface area contributed by atoms with Crippen LogP contribution in [0.1, 0.15) is 25.5 Å². The number of hydrogen-bond donors (Lipinski definition) is 2. The summed E-state index contributed by atoms with van der Waals surface area (Å²) in [7, 11) is 0. The highest BCUT2D eigenvalue weighted by Gasteiger charge is 2.25. The second-order valence-electron chi connectivity index (χ2n) is 5.76. The zero-order valence-electron chi connectivity index (χ0n) is 13.0. The molecule has 3 N–H and O–H groups in total. The fraction of sp³-hybridized carbons (Fsp3) is 0.294. The van der Waals surface area contributed by atoms with Gasteiger partial charge in [0.05, 0.1) is 0 Å². The average molecular weight is 299 g/mol. The number of carbonyl (C=O) groups excluding carboxylic acids is 1. The van der Waals surface area contributed by atoms with Gasteiger partial charge in [-0.05, 0) is 36.6 Å². The second-order valence-corrected chi connectivity index (χ2v) is 5.76. The number of anilines is 2. The smallest absolute Gasteiger partial charge is 0.251 e. The zero-order chi connectivity index (χ0) is 16.3. The number of hydrogen-bond acceptors (Lipinski definition) is 3. The van der Waals surface area contributed by atoms with Crippen molar-refractivity contribution in [1.82, 2.24) is 4.57 Å². The van der Waals surface area contributed by atoms with E-state index in [1.165, 1.54) is 10.6 Å². The largest absolute Gasteiger partial charge is 0.399 e. The van der Waals surface area contributed by atoms with Crippen molar-refractivity contribution >= 4 is 17.3 Å². The standard InChI is InChI=1S/C17H21N3O2/c1-11(2)16(20-10-12(3)7-8-15(20)21)17(22)19-14-6-4-5-13(18)9-14/h4-11,16H,18H2,1-3H3,(H,19,22). The monoisotopic (exact) mass is 299 g/mol. The van der Waals surface area contributed by atoms with Gasteiger partial charge in [0, 0.05) is 23.6 Å². The number of aromatic nitrogens is 1. The fourth-order valence-corrected chi connectivity index (χ4v) is 2.42. The molecule has 0 aliphatic heterocycles. The van der Waals surface area contributed by atoms with E-state index >= 15 is 0 Å². The Labute approximate surface area is 129 Å². The topological polar surface area (TPSA) is 77.1 Å². The second kappa shape index (κ2) is 6.47. The summed E-state index contributed by atoms with van der Waals surface area (Å²) >= 11 is 0. The van der Waals surface area contributed by atoms with Crippen molar-refractivity contribution in [2.75, 3.05) is 11.1 Å². The minimum atomic E-state index is -0.575. The number of nitrogens with two attached hydrogens (primary N) is 1. The Morgan fingerprint density at radius 2 is 1.95 bits per heavy atom. The summed E-state index contributed by atoms with van der Waals surface area (Å²) in [4.78, 5) is 24.7. The SMILES string of the molecule is Cc1ccc(=O)n(C(C(=O)Nc2cccc(N)c2)C(C)C)c1. The first-order valence-corrected chi connectivity index (χ1v) is 7.23. The van der Waals surface area contributed by atoms with Gasteiger partial charge in [-0.2, -0.15) is 0 Å². The van der Waals surface area contributed by atoms with E-state index in [1.807, 2.05) is 20.8 Å². The van der Waals surface area contributed by atoms with E-state index in [1.54, 1.807) is 36.5 Å². The van der Waals surface area contributed by atoms with Crippen molar-refractivity contribution in [1.29, 1.82) is 0 Å². The number of nitrogen functional groups attached to an aromatic ring is 1. The highest BCUT2D eigenvalue weighted by atomic mass is 16.2. The number of benzene rings is 1. The summed E-state index contributed by atoms with van der Waals surface area (Å²) < 4.78 is 1.49. The maximum atomic E-state index is 12.6. The highest BCUT2D eigenvalue weighted by molar-refractivity contribution is 5.94. The van der Waals surface area contributed by atoms with Gasteiger partial charge in [-0.15, -0.1) is 0 Å².